The molecule has 0 aromatic heterocycles. The predicted octanol–water partition coefficient (Wildman–Crippen LogP) is 2.23. The standard InChI is InChI=1S/C11H14BrNOS/c1-8-11(13-5-6-15(8)14)9-3-2-4-10(12)7-9/h2-4,7-8,11,13H,5-6H2,1H3. The molecule has 1 aromatic rings. The van der Waals surface area contributed by atoms with E-state index in [2.05, 4.69) is 33.4 Å². The van der Waals surface area contributed by atoms with Gasteiger partial charge >= 0.3 is 0 Å². The van der Waals surface area contributed by atoms with E-state index in [0.717, 1.165) is 16.8 Å². The Morgan fingerprint density at radius 1 is 1.53 bits per heavy atom. The number of hydrogen-bond donors (Lipinski definition) is 1. The number of nitrogens with one attached hydrogen (secondary N) is 1. The maximum Gasteiger partial charge on any atom is 0.0515 e. The van der Waals surface area contributed by atoms with Crippen molar-refractivity contribution in [2.24, 2.45) is 0 Å². The molecule has 2 rings (SSSR count). The topological polar surface area (TPSA) is 29.1 Å². The Balaban J connectivity index is 2.26. The zero-order valence-corrected chi connectivity index (χ0v) is 11.0. The summed E-state index contributed by atoms with van der Waals surface area (Å²) in [4.78, 5) is 0. The van der Waals surface area contributed by atoms with Crippen molar-refractivity contribution < 1.29 is 4.21 Å². The first kappa shape index (κ1) is 11.3. The van der Waals surface area contributed by atoms with Gasteiger partial charge in [0.25, 0.3) is 0 Å². The molecule has 1 aliphatic rings. The number of rotatable bonds is 1. The summed E-state index contributed by atoms with van der Waals surface area (Å²) in [5.41, 5.74) is 1.21. The minimum absolute atomic E-state index is 0.188. The highest BCUT2D eigenvalue weighted by molar-refractivity contribution is 9.10. The van der Waals surface area contributed by atoms with Crippen molar-refractivity contribution in [3.05, 3.63) is 34.3 Å². The Morgan fingerprint density at radius 2 is 2.33 bits per heavy atom. The fourth-order valence-electron chi connectivity index (χ4n) is 1.91. The molecular weight excluding hydrogens is 274 g/mol. The van der Waals surface area contributed by atoms with Gasteiger partial charge in [0.1, 0.15) is 0 Å². The van der Waals surface area contributed by atoms with E-state index in [4.69, 9.17) is 0 Å². The second-order valence-corrected chi connectivity index (χ2v) is 6.61. The van der Waals surface area contributed by atoms with Gasteiger partial charge in [0, 0.05) is 33.6 Å². The smallest absolute Gasteiger partial charge is 0.0515 e. The number of hydrogen-bond acceptors (Lipinski definition) is 2. The second kappa shape index (κ2) is 4.76. The van der Waals surface area contributed by atoms with E-state index in [0.29, 0.717) is 0 Å². The average Bonchev–Trinajstić information content (AvgIpc) is 2.22. The van der Waals surface area contributed by atoms with E-state index in [1.54, 1.807) is 0 Å². The van der Waals surface area contributed by atoms with Gasteiger partial charge in [-0.1, -0.05) is 28.1 Å². The molecule has 1 aromatic carbocycles. The van der Waals surface area contributed by atoms with Crippen LogP contribution in [0.15, 0.2) is 28.7 Å². The highest BCUT2D eigenvalue weighted by Gasteiger charge is 2.27. The van der Waals surface area contributed by atoms with Crippen molar-refractivity contribution in [1.29, 1.82) is 0 Å². The summed E-state index contributed by atoms with van der Waals surface area (Å²) in [5.74, 6) is 0.770. The normalized spacial score (nSPS) is 31.5. The Kier molecular flexibility index (Phi) is 3.59. The molecule has 0 aliphatic carbocycles. The Labute approximate surface area is 101 Å². The van der Waals surface area contributed by atoms with Gasteiger partial charge in [-0.3, -0.25) is 4.21 Å². The van der Waals surface area contributed by atoms with Crippen LogP contribution in [0.5, 0.6) is 0 Å². The van der Waals surface area contributed by atoms with Crippen LogP contribution < -0.4 is 5.32 Å². The Hall–Kier alpha value is -0.190. The molecule has 2 nitrogen and oxygen atoms in total. The van der Waals surface area contributed by atoms with E-state index in [1.165, 1.54) is 5.56 Å². The molecular formula is C11H14BrNOS. The van der Waals surface area contributed by atoms with Gasteiger partial charge in [0.2, 0.25) is 0 Å². The van der Waals surface area contributed by atoms with Gasteiger partial charge in [-0.25, -0.2) is 0 Å². The summed E-state index contributed by atoms with van der Waals surface area (Å²) in [6.07, 6.45) is 0. The SMILES string of the molecule is CC1C(c2cccc(Br)c2)NCCS1=O. The minimum Gasteiger partial charge on any atom is -0.308 e. The summed E-state index contributed by atoms with van der Waals surface area (Å²) in [5, 5.41) is 3.62. The fourth-order valence-corrected chi connectivity index (χ4v) is 3.57. The summed E-state index contributed by atoms with van der Waals surface area (Å²) >= 11 is 3.46. The van der Waals surface area contributed by atoms with Gasteiger partial charge in [0.15, 0.2) is 0 Å². The third-order valence-electron chi connectivity index (χ3n) is 2.76. The second-order valence-electron chi connectivity index (χ2n) is 3.78. The quantitative estimate of drug-likeness (QED) is 0.858. The predicted molar refractivity (Wildman–Crippen MR) is 67.4 cm³/mol. The molecule has 1 aliphatic heterocycles. The van der Waals surface area contributed by atoms with Crippen LogP contribution in [0.3, 0.4) is 0 Å². The van der Waals surface area contributed by atoms with Crippen LogP contribution in [0.1, 0.15) is 18.5 Å². The van der Waals surface area contributed by atoms with E-state index in [1.807, 2.05) is 19.1 Å². The summed E-state index contributed by atoms with van der Waals surface area (Å²) in [6.45, 7) is 2.89. The van der Waals surface area contributed by atoms with Crippen LogP contribution in [0, 0.1) is 0 Å². The molecule has 0 amide bonds. The largest absolute Gasteiger partial charge is 0.308 e. The summed E-state index contributed by atoms with van der Waals surface area (Å²) in [7, 11) is -0.700. The molecule has 1 heterocycles. The van der Waals surface area contributed by atoms with Crippen molar-refractivity contribution in [1.82, 2.24) is 5.32 Å². The van der Waals surface area contributed by atoms with Crippen molar-refractivity contribution >= 4 is 26.7 Å². The molecule has 3 atom stereocenters. The Bertz CT molecular complexity index is 383. The fraction of sp³-hybridized carbons (Fsp3) is 0.455. The third kappa shape index (κ3) is 2.49. The lowest BCUT2D eigenvalue weighted by molar-refractivity contribution is 0.514. The van der Waals surface area contributed by atoms with Crippen LogP contribution in [-0.4, -0.2) is 21.8 Å². The molecule has 4 heteroatoms. The van der Waals surface area contributed by atoms with Crippen LogP contribution in [0.4, 0.5) is 0 Å². The van der Waals surface area contributed by atoms with E-state index in [9.17, 15) is 4.21 Å². The zero-order valence-electron chi connectivity index (χ0n) is 8.57. The van der Waals surface area contributed by atoms with Crippen molar-refractivity contribution in [3.63, 3.8) is 0 Å². The number of benzene rings is 1. The van der Waals surface area contributed by atoms with E-state index >= 15 is 0 Å². The highest BCUT2D eigenvalue weighted by Crippen LogP contribution is 2.25. The summed E-state index contributed by atoms with van der Waals surface area (Å²) < 4.78 is 12.8. The molecule has 82 valence electrons. The molecule has 1 fully saturated rings. The highest BCUT2D eigenvalue weighted by atomic mass is 79.9. The molecule has 0 bridgehead atoms. The lowest BCUT2D eigenvalue weighted by atomic mass is 10.0. The zero-order chi connectivity index (χ0) is 10.8. The van der Waals surface area contributed by atoms with E-state index < -0.39 is 10.8 Å². The molecule has 0 radical (unpaired) electrons. The maximum atomic E-state index is 11.7. The maximum absolute atomic E-state index is 11.7. The van der Waals surface area contributed by atoms with Crippen LogP contribution in [0.25, 0.3) is 0 Å². The lowest BCUT2D eigenvalue weighted by Crippen LogP contribution is -2.42. The van der Waals surface area contributed by atoms with Gasteiger partial charge in [-0.2, -0.15) is 0 Å². The first-order valence-corrected chi connectivity index (χ1v) is 7.22. The number of halogens is 1. The van der Waals surface area contributed by atoms with Crippen molar-refractivity contribution in [2.75, 3.05) is 12.3 Å². The first-order chi connectivity index (χ1) is 7.18. The average molecular weight is 288 g/mol. The monoisotopic (exact) mass is 287 g/mol. The Morgan fingerprint density at radius 3 is 3.07 bits per heavy atom. The third-order valence-corrected chi connectivity index (χ3v) is 4.96. The molecule has 1 N–H and O–H groups in total. The molecule has 1 saturated heterocycles. The van der Waals surface area contributed by atoms with Crippen molar-refractivity contribution in [3.8, 4) is 0 Å². The van der Waals surface area contributed by atoms with Gasteiger partial charge in [0.05, 0.1) is 5.25 Å². The van der Waals surface area contributed by atoms with Crippen LogP contribution in [-0.2, 0) is 10.8 Å². The van der Waals surface area contributed by atoms with Crippen LogP contribution in [0.2, 0.25) is 0 Å². The first-order valence-electron chi connectivity index (χ1n) is 5.04. The summed E-state index contributed by atoms with van der Waals surface area (Å²) in [6, 6.07) is 8.43. The molecule has 15 heavy (non-hydrogen) atoms. The molecule has 0 spiro atoms. The molecule has 0 saturated carbocycles. The molecule has 3 unspecified atom stereocenters. The van der Waals surface area contributed by atoms with Crippen molar-refractivity contribution in [2.45, 2.75) is 18.2 Å². The minimum atomic E-state index is -0.700. The van der Waals surface area contributed by atoms with Gasteiger partial charge < -0.3 is 5.32 Å². The lowest BCUT2D eigenvalue weighted by Gasteiger charge is -2.29. The van der Waals surface area contributed by atoms with Crippen LogP contribution >= 0.6 is 15.9 Å². The van der Waals surface area contributed by atoms with E-state index in [-0.39, 0.29) is 11.3 Å². The van der Waals surface area contributed by atoms with Gasteiger partial charge in [-0.05, 0) is 24.6 Å². The van der Waals surface area contributed by atoms with Gasteiger partial charge in [-0.15, -0.1) is 0 Å².